The number of hydrogen-bond acceptors (Lipinski definition) is 1. The average molecular weight is 190 g/mol. The van der Waals surface area contributed by atoms with E-state index in [1.54, 1.807) is 12.2 Å². The molecule has 0 saturated heterocycles. The summed E-state index contributed by atoms with van der Waals surface area (Å²) in [6.07, 6.45) is 4.05. The second kappa shape index (κ2) is 5.22. The number of rotatable bonds is 4. The molecular formula is C12H14O2. The molecule has 2 nitrogen and oxygen atoms in total. The molecule has 0 aromatic heterocycles. The van der Waals surface area contributed by atoms with E-state index in [1.165, 1.54) is 0 Å². The predicted molar refractivity (Wildman–Crippen MR) is 56.1 cm³/mol. The molecule has 14 heavy (non-hydrogen) atoms. The Morgan fingerprint density at radius 3 is 2.57 bits per heavy atom. The molecule has 1 rings (SSSR count). The molecule has 1 aromatic carbocycles. The minimum absolute atomic E-state index is 0.414. The topological polar surface area (TPSA) is 37.3 Å². The van der Waals surface area contributed by atoms with Crippen molar-refractivity contribution in [2.75, 3.05) is 0 Å². The molecule has 0 spiro atoms. The molecule has 0 heterocycles. The van der Waals surface area contributed by atoms with E-state index < -0.39 is 11.9 Å². The normalized spacial score (nSPS) is 12.9. The highest BCUT2D eigenvalue weighted by atomic mass is 16.4. The van der Waals surface area contributed by atoms with E-state index in [1.807, 2.05) is 37.3 Å². The highest BCUT2D eigenvalue weighted by Crippen LogP contribution is 2.10. The molecule has 74 valence electrons. The Balaban J connectivity index is 2.70. The maximum absolute atomic E-state index is 10.8. The van der Waals surface area contributed by atoms with Gasteiger partial charge in [0.25, 0.3) is 0 Å². The van der Waals surface area contributed by atoms with Gasteiger partial charge in [-0.3, -0.25) is 4.79 Å². The Kier molecular flexibility index (Phi) is 3.92. The summed E-state index contributed by atoms with van der Waals surface area (Å²) < 4.78 is 0. The lowest BCUT2D eigenvalue weighted by atomic mass is 9.99. The van der Waals surface area contributed by atoms with Gasteiger partial charge >= 0.3 is 5.97 Å². The minimum Gasteiger partial charge on any atom is -0.481 e. The summed E-state index contributed by atoms with van der Waals surface area (Å²) in [7, 11) is 0. The lowest BCUT2D eigenvalue weighted by Gasteiger charge is -2.06. The summed E-state index contributed by atoms with van der Waals surface area (Å²) in [4.78, 5) is 10.8. The maximum atomic E-state index is 10.8. The fourth-order valence-corrected chi connectivity index (χ4v) is 1.34. The van der Waals surface area contributed by atoms with Gasteiger partial charge in [-0.25, -0.2) is 0 Å². The van der Waals surface area contributed by atoms with Crippen molar-refractivity contribution < 1.29 is 9.90 Å². The van der Waals surface area contributed by atoms with E-state index in [4.69, 9.17) is 5.11 Å². The van der Waals surface area contributed by atoms with Crippen molar-refractivity contribution >= 4 is 5.97 Å². The van der Waals surface area contributed by atoms with Crippen LogP contribution in [0.25, 0.3) is 0 Å². The van der Waals surface area contributed by atoms with E-state index in [0.29, 0.717) is 6.42 Å². The van der Waals surface area contributed by atoms with E-state index >= 15 is 0 Å². The zero-order valence-electron chi connectivity index (χ0n) is 8.18. The highest BCUT2D eigenvalue weighted by Gasteiger charge is 2.13. The highest BCUT2D eigenvalue weighted by molar-refractivity contribution is 5.72. The number of hydrogen-bond donors (Lipinski definition) is 1. The molecule has 1 aromatic rings. The Labute approximate surface area is 83.9 Å². The molecule has 0 aliphatic heterocycles. The number of aliphatic carboxylic acids is 1. The Morgan fingerprint density at radius 1 is 1.43 bits per heavy atom. The molecule has 1 unspecified atom stereocenters. The molecule has 0 saturated carbocycles. The van der Waals surface area contributed by atoms with Crippen LogP contribution in [0.4, 0.5) is 0 Å². The second-order valence-electron chi connectivity index (χ2n) is 3.16. The lowest BCUT2D eigenvalue weighted by molar-refractivity contribution is -0.140. The van der Waals surface area contributed by atoms with Gasteiger partial charge in [-0.05, 0) is 18.9 Å². The molecular weight excluding hydrogens is 176 g/mol. The number of carbonyl (C=O) groups is 1. The maximum Gasteiger partial charge on any atom is 0.310 e. The zero-order valence-corrected chi connectivity index (χ0v) is 8.18. The predicted octanol–water partition coefficient (Wildman–Crippen LogP) is 2.51. The third kappa shape index (κ3) is 3.05. The summed E-state index contributed by atoms with van der Waals surface area (Å²) in [6, 6.07) is 9.65. The number of carboxylic acid groups (broad SMARTS) is 1. The van der Waals surface area contributed by atoms with Crippen LogP contribution in [0, 0.1) is 5.92 Å². The van der Waals surface area contributed by atoms with Gasteiger partial charge in [0, 0.05) is 0 Å². The van der Waals surface area contributed by atoms with Crippen LogP contribution in [0.15, 0.2) is 42.5 Å². The van der Waals surface area contributed by atoms with Gasteiger partial charge < -0.3 is 5.11 Å². The van der Waals surface area contributed by atoms with Crippen molar-refractivity contribution in [2.24, 2.45) is 5.92 Å². The lowest BCUT2D eigenvalue weighted by Crippen LogP contribution is -2.13. The summed E-state index contributed by atoms with van der Waals surface area (Å²) in [5.41, 5.74) is 1.05. The third-order valence-corrected chi connectivity index (χ3v) is 2.04. The van der Waals surface area contributed by atoms with E-state index in [0.717, 1.165) is 5.56 Å². The van der Waals surface area contributed by atoms with Gasteiger partial charge in [0.2, 0.25) is 0 Å². The molecule has 0 radical (unpaired) electrons. The van der Waals surface area contributed by atoms with E-state index in [2.05, 4.69) is 0 Å². The Bertz CT molecular complexity index is 314. The largest absolute Gasteiger partial charge is 0.481 e. The van der Waals surface area contributed by atoms with Crippen LogP contribution in [0.2, 0.25) is 0 Å². The average Bonchev–Trinajstić information content (AvgIpc) is 2.18. The summed E-state index contributed by atoms with van der Waals surface area (Å²) >= 11 is 0. The van der Waals surface area contributed by atoms with Crippen LogP contribution >= 0.6 is 0 Å². The van der Waals surface area contributed by atoms with Crippen molar-refractivity contribution in [1.82, 2.24) is 0 Å². The van der Waals surface area contributed by atoms with Crippen LogP contribution in [-0.4, -0.2) is 11.1 Å². The summed E-state index contributed by atoms with van der Waals surface area (Å²) in [6.45, 7) is 1.83. The van der Waals surface area contributed by atoms with Gasteiger partial charge in [0.15, 0.2) is 0 Å². The van der Waals surface area contributed by atoms with Crippen molar-refractivity contribution in [3.05, 3.63) is 48.0 Å². The van der Waals surface area contributed by atoms with Crippen LogP contribution in [0.5, 0.6) is 0 Å². The number of benzene rings is 1. The smallest absolute Gasteiger partial charge is 0.310 e. The first-order chi connectivity index (χ1) is 6.74. The second-order valence-corrected chi connectivity index (χ2v) is 3.16. The van der Waals surface area contributed by atoms with Crippen LogP contribution in [0.3, 0.4) is 0 Å². The van der Waals surface area contributed by atoms with Gasteiger partial charge in [0.05, 0.1) is 5.92 Å². The molecule has 0 aliphatic rings. The number of allylic oxidation sites excluding steroid dienone is 1. The standard InChI is InChI=1S/C12H14O2/c1-2-6-11(12(13)14)9-10-7-4-3-5-8-10/h2-8,11H,9H2,1H3,(H,13,14). The first-order valence-corrected chi connectivity index (χ1v) is 4.63. The molecule has 0 amide bonds. The third-order valence-electron chi connectivity index (χ3n) is 2.04. The summed E-state index contributed by atoms with van der Waals surface area (Å²) in [5, 5.41) is 8.91. The van der Waals surface area contributed by atoms with Gasteiger partial charge in [0.1, 0.15) is 0 Å². The Morgan fingerprint density at radius 2 is 2.07 bits per heavy atom. The molecule has 1 atom stereocenters. The molecule has 1 N–H and O–H groups in total. The van der Waals surface area contributed by atoms with Gasteiger partial charge in [-0.15, -0.1) is 0 Å². The molecule has 0 aliphatic carbocycles. The van der Waals surface area contributed by atoms with Gasteiger partial charge in [-0.1, -0.05) is 42.5 Å². The monoisotopic (exact) mass is 190 g/mol. The van der Waals surface area contributed by atoms with Crippen molar-refractivity contribution in [2.45, 2.75) is 13.3 Å². The Hall–Kier alpha value is -1.57. The number of carboxylic acids is 1. The molecule has 2 heteroatoms. The fraction of sp³-hybridized carbons (Fsp3) is 0.250. The van der Waals surface area contributed by atoms with Crippen molar-refractivity contribution in [1.29, 1.82) is 0 Å². The first kappa shape index (κ1) is 10.5. The van der Waals surface area contributed by atoms with Crippen LogP contribution in [0.1, 0.15) is 12.5 Å². The van der Waals surface area contributed by atoms with Crippen molar-refractivity contribution in [3.63, 3.8) is 0 Å². The minimum atomic E-state index is -0.771. The van der Waals surface area contributed by atoms with Crippen molar-refractivity contribution in [3.8, 4) is 0 Å². The van der Waals surface area contributed by atoms with E-state index in [9.17, 15) is 4.79 Å². The van der Waals surface area contributed by atoms with E-state index in [-0.39, 0.29) is 0 Å². The van der Waals surface area contributed by atoms with Crippen LogP contribution in [-0.2, 0) is 11.2 Å². The van der Waals surface area contributed by atoms with Gasteiger partial charge in [-0.2, -0.15) is 0 Å². The van der Waals surface area contributed by atoms with Crippen LogP contribution < -0.4 is 0 Å². The zero-order chi connectivity index (χ0) is 10.4. The SMILES string of the molecule is CC=CC(Cc1ccccc1)C(=O)O. The molecule has 0 bridgehead atoms. The fourth-order valence-electron chi connectivity index (χ4n) is 1.34. The summed E-state index contributed by atoms with van der Waals surface area (Å²) in [5.74, 6) is -1.19. The first-order valence-electron chi connectivity index (χ1n) is 4.63. The quantitative estimate of drug-likeness (QED) is 0.741. The molecule has 0 fully saturated rings.